The zero-order valence-electron chi connectivity index (χ0n) is 9.31. The van der Waals surface area contributed by atoms with Gasteiger partial charge in [-0.2, -0.15) is 0 Å². The maximum atomic E-state index is 10.9. The molecule has 0 saturated heterocycles. The van der Waals surface area contributed by atoms with Crippen molar-refractivity contribution in [2.75, 3.05) is 13.2 Å². The molecule has 0 bridgehead atoms. The molecule has 15 heavy (non-hydrogen) atoms. The van der Waals surface area contributed by atoms with Crippen LogP contribution in [0.25, 0.3) is 0 Å². The average molecular weight is 219 g/mol. The fraction of sp³-hybridized carbons (Fsp3) is 0.900. The molecule has 0 radical (unpaired) electrons. The van der Waals surface area contributed by atoms with Gasteiger partial charge in [-0.1, -0.05) is 13.8 Å². The largest absolute Gasteiger partial charge is 0.394 e. The van der Waals surface area contributed by atoms with E-state index in [0.29, 0.717) is 12.8 Å². The van der Waals surface area contributed by atoms with Gasteiger partial charge in [0.25, 0.3) is 0 Å². The van der Waals surface area contributed by atoms with Gasteiger partial charge in [-0.05, 0) is 12.3 Å². The van der Waals surface area contributed by atoms with E-state index in [-0.39, 0.29) is 25.0 Å². The lowest BCUT2D eigenvalue weighted by atomic mass is 9.98. The highest BCUT2D eigenvalue weighted by molar-refractivity contribution is 5.75. The Hall–Kier alpha value is -0.650. The molecule has 0 fully saturated rings. The first-order chi connectivity index (χ1) is 7.01. The van der Waals surface area contributed by atoms with E-state index in [1.165, 1.54) is 0 Å². The van der Waals surface area contributed by atoms with Gasteiger partial charge < -0.3 is 20.6 Å². The predicted octanol–water partition coefficient (Wildman–Crippen LogP) is -0.747. The molecule has 0 aromatic rings. The van der Waals surface area contributed by atoms with Crippen molar-refractivity contribution >= 4 is 5.91 Å². The summed E-state index contributed by atoms with van der Waals surface area (Å²) in [5, 5.41) is 30.0. The molecule has 0 heterocycles. The van der Waals surface area contributed by atoms with Crippen LogP contribution in [0.2, 0.25) is 0 Å². The van der Waals surface area contributed by atoms with Crippen LogP contribution in [0.15, 0.2) is 0 Å². The minimum Gasteiger partial charge on any atom is -0.394 e. The van der Waals surface area contributed by atoms with Gasteiger partial charge in [-0.3, -0.25) is 4.79 Å². The average Bonchev–Trinajstić information content (AvgIpc) is 2.24. The number of hydrogen-bond donors (Lipinski definition) is 4. The highest BCUT2D eigenvalue weighted by Gasteiger charge is 2.17. The Kier molecular flexibility index (Phi) is 7.29. The Labute approximate surface area is 90.1 Å². The van der Waals surface area contributed by atoms with E-state index in [0.717, 1.165) is 0 Å². The first-order valence-corrected chi connectivity index (χ1v) is 5.24. The van der Waals surface area contributed by atoms with Gasteiger partial charge in [-0.25, -0.2) is 0 Å². The molecule has 0 aromatic carbocycles. The molecule has 90 valence electrons. The van der Waals surface area contributed by atoms with Crippen molar-refractivity contribution < 1.29 is 20.1 Å². The van der Waals surface area contributed by atoms with Crippen molar-refractivity contribution in [3.8, 4) is 0 Å². The predicted molar refractivity (Wildman–Crippen MR) is 56.2 cm³/mol. The number of hydrogen-bond acceptors (Lipinski definition) is 4. The van der Waals surface area contributed by atoms with Gasteiger partial charge in [0.05, 0.1) is 18.8 Å². The van der Waals surface area contributed by atoms with Gasteiger partial charge in [-0.15, -0.1) is 0 Å². The fourth-order valence-corrected chi connectivity index (χ4v) is 1.21. The van der Waals surface area contributed by atoms with E-state index in [1.54, 1.807) is 13.8 Å². The molecular formula is C10H21NO4. The van der Waals surface area contributed by atoms with Crippen LogP contribution in [0.5, 0.6) is 0 Å². The summed E-state index contributed by atoms with van der Waals surface area (Å²) in [6.45, 7) is 3.36. The summed E-state index contributed by atoms with van der Waals surface area (Å²) >= 11 is 0. The van der Waals surface area contributed by atoms with Gasteiger partial charge >= 0.3 is 0 Å². The molecule has 0 unspecified atom stereocenters. The summed E-state index contributed by atoms with van der Waals surface area (Å²) in [5.74, 6) is -0.298. The van der Waals surface area contributed by atoms with Crippen molar-refractivity contribution in [1.29, 1.82) is 0 Å². The molecule has 1 amide bonds. The molecule has 5 heteroatoms. The molecule has 0 saturated carbocycles. The van der Waals surface area contributed by atoms with Gasteiger partial charge in [0.15, 0.2) is 0 Å². The van der Waals surface area contributed by atoms with E-state index >= 15 is 0 Å². The van der Waals surface area contributed by atoms with Crippen LogP contribution in [-0.4, -0.2) is 46.6 Å². The third-order valence-electron chi connectivity index (χ3n) is 2.34. The third-order valence-corrected chi connectivity index (χ3v) is 2.34. The lowest BCUT2D eigenvalue weighted by Crippen LogP contribution is -2.34. The molecule has 0 aliphatic rings. The molecule has 5 nitrogen and oxygen atoms in total. The fourth-order valence-electron chi connectivity index (χ4n) is 1.21. The number of carbonyl (C=O) groups excluding carboxylic acids is 1. The number of aliphatic hydroxyl groups excluding tert-OH is 3. The van der Waals surface area contributed by atoms with Crippen molar-refractivity contribution in [3.63, 3.8) is 0 Å². The highest BCUT2D eigenvalue weighted by atomic mass is 16.3. The Balaban J connectivity index is 3.73. The Morgan fingerprint density at radius 3 is 2.47 bits per heavy atom. The van der Waals surface area contributed by atoms with Gasteiger partial charge in [0, 0.05) is 13.0 Å². The van der Waals surface area contributed by atoms with E-state index in [9.17, 15) is 15.0 Å². The van der Waals surface area contributed by atoms with Crippen LogP contribution < -0.4 is 5.32 Å². The van der Waals surface area contributed by atoms with Gasteiger partial charge in [0.2, 0.25) is 5.91 Å². The molecule has 3 atom stereocenters. The summed E-state index contributed by atoms with van der Waals surface area (Å²) in [7, 11) is 0. The SMILES string of the molecule is CCC(=O)NC[C@@H](O)C[C@@H](C)[C@H](O)CO. The minimum absolute atomic E-state index is 0.107. The first-order valence-electron chi connectivity index (χ1n) is 5.24. The van der Waals surface area contributed by atoms with Crippen LogP contribution in [0.3, 0.4) is 0 Å². The summed E-state index contributed by atoms with van der Waals surface area (Å²) in [5.41, 5.74) is 0. The lowest BCUT2D eigenvalue weighted by molar-refractivity contribution is -0.121. The standard InChI is InChI=1S/C10H21NO4/c1-3-10(15)11-5-8(13)4-7(2)9(14)6-12/h7-9,12-14H,3-6H2,1-2H3,(H,11,15)/t7-,8+,9-/m1/s1. The van der Waals surface area contributed by atoms with E-state index < -0.39 is 12.2 Å². The normalized spacial score (nSPS) is 16.9. The lowest BCUT2D eigenvalue weighted by Gasteiger charge is -2.20. The van der Waals surface area contributed by atoms with Crippen molar-refractivity contribution in [1.82, 2.24) is 5.32 Å². The molecule has 0 aromatic heterocycles. The van der Waals surface area contributed by atoms with Crippen LogP contribution in [0, 0.1) is 5.92 Å². The third kappa shape index (κ3) is 6.43. The van der Waals surface area contributed by atoms with Crippen LogP contribution in [-0.2, 0) is 4.79 Å². The number of aliphatic hydroxyl groups is 3. The summed E-state index contributed by atoms with van der Waals surface area (Å²) in [4.78, 5) is 10.9. The number of carbonyl (C=O) groups is 1. The summed E-state index contributed by atoms with van der Waals surface area (Å²) in [6, 6.07) is 0. The molecule has 0 rings (SSSR count). The minimum atomic E-state index is -0.818. The Morgan fingerprint density at radius 1 is 1.40 bits per heavy atom. The zero-order chi connectivity index (χ0) is 11.8. The molecular weight excluding hydrogens is 198 g/mol. The highest BCUT2D eigenvalue weighted by Crippen LogP contribution is 2.10. The van der Waals surface area contributed by atoms with E-state index in [4.69, 9.17) is 5.11 Å². The molecule has 0 spiro atoms. The topological polar surface area (TPSA) is 89.8 Å². The monoisotopic (exact) mass is 219 g/mol. The smallest absolute Gasteiger partial charge is 0.219 e. The van der Waals surface area contributed by atoms with E-state index in [1.807, 2.05) is 0 Å². The van der Waals surface area contributed by atoms with Crippen molar-refractivity contribution in [2.45, 2.75) is 38.9 Å². The number of rotatable bonds is 7. The van der Waals surface area contributed by atoms with Gasteiger partial charge in [0.1, 0.15) is 0 Å². The van der Waals surface area contributed by atoms with Crippen LogP contribution in [0.4, 0.5) is 0 Å². The first kappa shape index (κ1) is 14.3. The molecule has 0 aliphatic heterocycles. The second kappa shape index (κ2) is 7.62. The molecule has 0 aliphatic carbocycles. The summed E-state index contributed by atoms with van der Waals surface area (Å²) < 4.78 is 0. The summed E-state index contributed by atoms with van der Waals surface area (Å²) in [6.07, 6.45) is -0.758. The van der Waals surface area contributed by atoms with Crippen LogP contribution >= 0.6 is 0 Å². The second-order valence-corrected chi connectivity index (χ2v) is 3.77. The quantitative estimate of drug-likeness (QED) is 0.453. The van der Waals surface area contributed by atoms with Crippen molar-refractivity contribution in [2.24, 2.45) is 5.92 Å². The van der Waals surface area contributed by atoms with Crippen molar-refractivity contribution in [3.05, 3.63) is 0 Å². The number of nitrogens with one attached hydrogen (secondary N) is 1. The zero-order valence-corrected chi connectivity index (χ0v) is 9.31. The maximum absolute atomic E-state index is 10.9. The van der Waals surface area contributed by atoms with E-state index in [2.05, 4.69) is 5.32 Å². The van der Waals surface area contributed by atoms with Crippen LogP contribution in [0.1, 0.15) is 26.7 Å². The Bertz CT molecular complexity index is 186. The molecule has 4 N–H and O–H groups in total. The second-order valence-electron chi connectivity index (χ2n) is 3.77. The number of amides is 1. The Morgan fingerprint density at radius 2 is 2.00 bits per heavy atom. The maximum Gasteiger partial charge on any atom is 0.219 e.